The van der Waals surface area contributed by atoms with Crippen molar-refractivity contribution in [3.05, 3.63) is 35.4 Å². The molecule has 1 aromatic rings. The second-order valence-corrected chi connectivity index (χ2v) is 4.26. The number of carboxylic acid groups (broad SMARTS) is 1. The Morgan fingerprint density at radius 1 is 1.25 bits per heavy atom. The predicted molar refractivity (Wildman–Crippen MR) is 69.3 cm³/mol. The van der Waals surface area contributed by atoms with Crippen LogP contribution in [0.25, 0.3) is 0 Å². The number of aryl methyl sites for hydroxylation is 1. The van der Waals surface area contributed by atoms with Crippen LogP contribution in [0.2, 0.25) is 0 Å². The van der Waals surface area contributed by atoms with Gasteiger partial charge in [-0.3, -0.25) is 4.79 Å². The summed E-state index contributed by atoms with van der Waals surface area (Å²) in [5.74, 6) is 0.0997. The van der Waals surface area contributed by atoms with E-state index in [4.69, 9.17) is 5.11 Å². The van der Waals surface area contributed by atoms with Crippen molar-refractivity contribution in [3.8, 4) is 0 Å². The van der Waals surface area contributed by atoms with Crippen LogP contribution in [0.5, 0.6) is 0 Å². The number of aliphatic carboxylic acids is 1. The molecule has 1 saturated carbocycles. The lowest BCUT2D eigenvalue weighted by atomic mass is 10.0. The summed E-state index contributed by atoms with van der Waals surface area (Å²) < 4.78 is 0. The highest BCUT2D eigenvalue weighted by atomic mass is 79.9. The van der Waals surface area contributed by atoms with Crippen LogP contribution in [-0.4, -0.2) is 11.1 Å². The van der Waals surface area contributed by atoms with Crippen LogP contribution in [0.3, 0.4) is 0 Å². The molecule has 3 heteroatoms. The highest BCUT2D eigenvalue weighted by Gasteiger charge is 2.22. The van der Waals surface area contributed by atoms with Gasteiger partial charge in [0.15, 0.2) is 0 Å². The van der Waals surface area contributed by atoms with E-state index in [0.29, 0.717) is 0 Å². The molecule has 2 rings (SSSR count). The maximum Gasteiger partial charge on any atom is 0.303 e. The Bertz CT molecular complexity index is 341. The number of halogens is 1. The molecule has 1 fully saturated rings. The molecule has 0 heterocycles. The number of benzene rings is 1. The molecular weight excluding hydrogens is 268 g/mol. The molecule has 2 nitrogen and oxygen atoms in total. The minimum atomic E-state index is -0.704. The van der Waals surface area contributed by atoms with Crippen LogP contribution in [0.1, 0.15) is 42.7 Å². The van der Waals surface area contributed by atoms with E-state index in [2.05, 4.69) is 24.3 Å². The first-order valence-electron chi connectivity index (χ1n) is 5.56. The quantitative estimate of drug-likeness (QED) is 0.898. The minimum Gasteiger partial charge on any atom is -0.481 e. The van der Waals surface area contributed by atoms with Gasteiger partial charge in [-0.15, -0.1) is 17.0 Å². The highest BCUT2D eigenvalue weighted by molar-refractivity contribution is 8.93. The molecule has 16 heavy (non-hydrogen) atoms. The lowest BCUT2D eigenvalue weighted by Crippen LogP contribution is -1.95. The summed E-state index contributed by atoms with van der Waals surface area (Å²) in [6.07, 6.45) is 4.54. The number of hydrogen-bond acceptors (Lipinski definition) is 1. The zero-order chi connectivity index (χ0) is 10.7. The van der Waals surface area contributed by atoms with Gasteiger partial charge in [-0.2, -0.15) is 0 Å². The molecule has 0 radical (unpaired) electrons. The third-order valence-electron chi connectivity index (χ3n) is 2.88. The molecule has 0 aliphatic heterocycles. The zero-order valence-electron chi connectivity index (χ0n) is 9.19. The average Bonchev–Trinajstić information content (AvgIpc) is 3.02. The fourth-order valence-electron chi connectivity index (χ4n) is 1.82. The lowest BCUT2D eigenvalue weighted by molar-refractivity contribution is -0.137. The number of rotatable bonds is 5. The number of carbonyl (C=O) groups is 1. The van der Waals surface area contributed by atoms with Gasteiger partial charge in [-0.25, -0.2) is 0 Å². The first kappa shape index (κ1) is 13.2. The van der Waals surface area contributed by atoms with Gasteiger partial charge in [0.25, 0.3) is 0 Å². The van der Waals surface area contributed by atoms with Crippen molar-refractivity contribution in [1.29, 1.82) is 0 Å². The lowest BCUT2D eigenvalue weighted by Gasteiger charge is -2.02. The van der Waals surface area contributed by atoms with Crippen LogP contribution >= 0.6 is 17.0 Å². The monoisotopic (exact) mass is 284 g/mol. The van der Waals surface area contributed by atoms with E-state index >= 15 is 0 Å². The van der Waals surface area contributed by atoms with E-state index in [1.807, 2.05) is 0 Å². The van der Waals surface area contributed by atoms with E-state index in [1.54, 1.807) is 0 Å². The van der Waals surface area contributed by atoms with Gasteiger partial charge in [0.2, 0.25) is 0 Å². The average molecular weight is 285 g/mol. The van der Waals surface area contributed by atoms with Crippen LogP contribution in [0, 0.1) is 0 Å². The second kappa shape index (κ2) is 6.04. The molecule has 0 unspecified atom stereocenters. The summed E-state index contributed by atoms with van der Waals surface area (Å²) in [5.41, 5.74) is 2.69. The molecule has 0 spiro atoms. The third kappa shape index (κ3) is 3.97. The van der Waals surface area contributed by atoms with Crippen LogP contribution in [0.4, 0.5) is 0 Å². The normalized spacial score (nSPS) is 14.2. The Hall–Kier alpha value is -0.830. The van der Waals surface area contributed by atoms with Crippen molar-refractivity contribution in [3.63, 3.8) is 0 Å². The Labute approximate surface area is 106 Å². The summed E-state index contributed by atoms with van der Waals surface area (Å²) in [7, 11) is 0. The van der Waals surface area contributed by atoms with Crippen molar-refractivity contribution in [2.45, 2.75) is 38.0 Å². The van der Waals surface area contributed by atoms with Crippen molar-refractivity contribution in [1.82, 2.24) is 0 Å². The summed E-state index contributed by atoms with van der Waals surface area (Å²) >= 11 is 0. The maximum absolute atomic E-state index is 10.3. The smallest absolute Gasteiger partial charge is 0.303 e. The van der Waals surface area contributed by atoms with Gasteiger partial charge in [0.1, 0.15) is 0 Å². The maximum atomic E-state index is 10.3. The van der Waals surface area contributed by atoms with E-state index in [9.17, 15) is 4.79 Å². The molecule has 88 valence electrons. The summed E-state index contributed by atoms with van der Waals surface area (Å²) in [4.78, 5) is 10.3. The SMILES string of the molecule is Br.O=C(O)CCCc1ccc(C2CC2)cc1. The number of carboxylic acids is 1. The van der Waals surface area contributed by atoms with Crippen molar-refractivity contribution < 1.29 is 9.90 Å². The van der Waals surface area contributed by atoms with E-state index in [0.717, 1.165) is 18.8 Å². The van der Waals surface area contributed by atoms with Crippen LogP contribution < -0.4 is 0 Å². The topological polar surface area (TPSA) is 37.3 Å². The molecule has 1 N–H and O–H groups in total. The fraction of sp³-hybridized carbons (Fsp3) is 0.462. The van der Waals surface area contributed by atoms with Crippen LogP contribution in [0.15, 0.2) is 24.3 Å². The van der Waals surface area contributed by atoms with Gasteiger partial charge in [-0.05, 0) is 42.7 Å². The summed E-state index contributed by atoms with van der Waals surface area (Å²) in [6.45, 7) is 0. The zero-order valence-corrected chi connectivity index (χ0v) is 10.9. The van der Waals surface area contributed by atoms with Gasteiger partial charge in [-0.1, -0.05) is 24.3 Å². The Kier molecular flexibility index (Phi) is 5.00. The minimum absolute atomic E-state index is 0. The molecule has 1 aliphatic carbocycles. The Morgan fingerprint density at radius 3 is 2.38 bits per heavy atom. The predicted octanol–water partition coefficient (Wildman–Crippen LogP) is 3.55. The Balaban J connectivity index is 0.00000128. The Morgan fingerprint density at radius 2 is 1.88 bits per heavy atom. The van der Waals surface area contributed by atoms with Crippen molar-refractivity contribution in [2.75, 3.05) is 0 Å². The molecule has 0 amide bonds. The van der Waals surface area contributed by atoms with Crippen molar-refractivity contribution in [2.24, 2.45) is 0 Å². The third-order valence-corrected chi connectivity index (χ3v) is 2.88. The number of hydrogen-bond donors (Lipinski definition) is 1. The van der Waals surface area contributed by atoms with Crippen LogP contribution in [-0.2, 0) is 11.2 Å². The fourth-order valence-corrected chi connectivity index (χ4v) is 1.82. The largest absolute Gasteiger partial charge is 0.481 e. The van der Waals surface area contributed by atoms with Gasteiger partial charge in [0, 0.05) is 6.42 Å². The van der Waals surface area contributed by atoms with E-state index in [1.165, 1.54) is 24.0 Å². The van der Waals surface area contributed by atoms with E-state index < -0.39 is 5.97 Å². The molecule has 0 aromatic heterocycles. The van der Waals surface area contributed by atoms with Gasteiger partial charge < -0.3 is 5.11 Å². The second-order valence-electron chi connectivity index (χ2n) is 4.26. The van der Waals surface area contributed by atoms with Crippen molar-refractivity contribution >= 4 is 23.0 Å². The molecule has 0 bridgehead atoms. The highest BCUT2D eigenvalue weighted by Crippen LogP contribution is 2.39. The molecule has 0 saturated heterocycles. The summed E-state index contributed by atoms with van der Waals surface area (Å²) in [5, 5.41) is 8.52. The molecule has 1 aliphatic rings. The standard InChI is InChI=1S/C13H16O2.BrH/c14-13(15)3-1-2-10-4-6-11(7-5-10)12-8-9-12;/h4-7,12H,1-3,8-9H2,(H,14,15);1H. The first-order chi connectivity index (χ1) is 7.25. The molecule has 0 atom stereocenters. The van der Waals surface area contributed by atoms with Gasteiger partial charge >= 0.3 is 5.97 Å². The molecule has 1 aromatic carbocycles. The van der Waals surface area contributed by atoms with Gasteiger partial charge in [0.05, 0.1) is 0 Å². The first-order valence-corrected chi connectivity index (χ1v) is 5.56. The molecular formula is C13H17BrO2. The van der Waals surface area contributed by atoms with E-state index in [-0.39, 0.29) is 23.4 Å². The summed E-state index contributed by atoms with van der Waals surface area (Å²) in [6, 6.07) is 8.65.